The third-order valence-corrected chi connectivity index (χ3v) is 8.54. The molecule has 0 unspecified atom stereocenters. The third kappa shape index (κ3) is 2.33. The SMILES string of the molecule is CC(C)(C)[Si](C)(C)Oc1ccc(Br)c2ocnc12. The molecule has 5 heteroatoms. The summed E-state index contributed by atoms with van der Waals surface area (Å²) in [6.07, 6.45) is 1.45. The summed E-state index contributed by atoms with van der Waals surface area (Å²) < 4.78 is 12.6. The number of nitrogens with zero attached hydrogens (tertiary/aromatic N) is 1. The lowest BCUT2D eigenvalue weighted by Gasteiger charge is -2.36. The van der Waals surface area contributed by atoms with Crippen LogP contribution >= 0.6 is 15.9 Å². The van der Waals surface area contributed by atoms with Crippen molar-refractivity contribution in [2.75, 3.05) is 0 Å². The zero-order valence-corrected chi connectivity index (χ0v) is 14.0. The Morgan fingerprint density at radius 2 is 1.94 bits per heavy atom. The average molecular weight is 328 g/mol. The Balaban J connectivity index is 2.45. The second-order valence-electron chi connectivity index (χ2n) is 5.94. The second kappa shape index (κ2) is 4.38. The van der Waals surface area contributed by atoms with E-state index in [9.17, 15) is 0 Å². The first kappa shape index (κ1) is 13.6. The highest BCUT2D eigenvalue weighted by Gasteiger charge is 2.39. The molecule has 0 bridgehead atoms. The van der Waals surface area contributed by atoms with Gasteiger partial charge in [-0.3, -0.25) is 0 Å². The lowest BCUT2D eigenvalue weighted by atomic mass is 10.2. The van der Waals surface area contributed by atoms with E-state index in [-0.39, 0.29) is 5.04 Å². The van der Waals surface area contributed by atoms with Crippen molar-refractivity contribution in [1.29, 1.82) is 0 Å². The molecule has 1 heterocycles. The van der Waals surface area contributed by atoms with Crippen LogP contribution in [0, 0.1) is 0 Å². The van der Waals surface area contributed by atoms with E-state index in [0.29, 0.717) is 0 Å². The second-order valence-corrected chi connectivity index (χ2v) is 11.5. The summed E-state index contributed by atoms with van der Waals surface area (Å²) in [6, 6.07) is 3.89. The smallest absolute Gasteiger partial charge is 0.250 e. The molecule has 0 aliphatic heterocycles. The molecule has 0 aliphatic carbocycles. The van der Waals surface area contributed by atoms with Crippen LogP contribution < -0.4 is 4.43 Å². The van der Waals surface area contributed by atoms with Crippen LogP contribution in [0.25, 0.3) is 11.1 Å². The summed E-state index contributed by atoms with van der Waals surface area (Å²) in [4.78, 5) is 4.25. The first-order valence-electron chi connectivity index (χ1n) is 5.93. The Labute approximate surface area is 117 Å². The molecular weight excluding hydrogens is 310 g/mol. The molecule has 0 fully saturated rings. The van der Waals surface area contributed by atoms with Crippen LogP contribution in [0.5, 0.6) is 5.75 Å². The summed E-state index contributed by atoms with van der Waals surface area (Å²) in [5.41, 5.74) is 1.53. The molecule has 0 atom stereocenters. The molecule has 1 aromatic carbocycles. The number of benzene rings is 1. The quantitative estimate of drug-likeness (QED) is 0.730. The van der Waals surface area contributed by atoms with Gasteiger partial charge in [-0.1, -0.05) is 20.8 Å². The third-order valence-electron chi connectivity index (χ3n) is 3.57. The minimum atomic E-state index is -1.85. The van der Waals surface area contributed by atoms with Crippen molar-refractivity contribution in [3.05, 3.63) is 23.0 Å². The van der Waals surface area contributed by atoms with Gasteiger partial charge in [-0.15, -0.1) is 0 Å². The molecule has 0 radical (unpaired) electrons. The van der Waals surface area contributed by atoms with Gasteiger partial charge in [0.15, 0.2) is 17.5 Å². The summed E-state index contributed by atoms with van der Waals surface area (Å²) in [5, 5.41) is 0.163. The monoisotopic (exact) mass is 327 g/mol. The predicted octanol–water partition coefficient (Wildman–Crippen LogP) is 4.97. The van der Waals surface area contributed by atoms with Gasteiger partial charge >= 0.3 is 0 Å². The molecule has 18 heavy (non-hydrogen) atoms. The average Bonchev–Trinajstić information content (AvgIpc) is 2.70. The Hall–Kier alpha value is -0.813. The number of hydrogen-bond donors (Lipinski definition) is 0. The van der Waals surface area contributed by atoms with E-state index in [1.54, 1.807) is 0 Å². The number of hydrogen-bond acceptors (Lipinski definition) is 3. The molecule has 0 saturated heterocycles. The van der Waals surface area contributed by atoms with Gasteiger partial charge in [0, 0.05) is 0 Å². The first-order chi connectivity index (χ1) is 8.22. The van der Waals surface area contributed by atoms with Gasteiger partial charge < -0.3 is 8.84 Å². The summed E-state index contributed by atoms with van der Waals surface area (Å²) >= 11 is 3.45. The first-order valence-corrected chi connectivity index (χ1v) is 9.63. The van der Waals surface area contributed by atoms with E-state index < -0.39 is 8.32 Å². The predicted molar refractivity (Wildman–Crippen MR) is 79.5 cm³/mol. The van der Waals surface area contributed by atoms with Crippen molar-refractivity contribution in [1.82, 2.24) is 4.98 Å². The summed E-state index contributed by atoms with van der Waals surface area (Å²) in [5.74, 6) is 0.813. The standard InChI is InChI=1S/C13H18BrNO2Si/c1-13(2,3)18(4,5)17-10-7-6-9(14)12-11(10)15-8-16-12/h6-8H,1-5H3. The van der Waals surface area contributed by atoms with Crippen LogP contribution in [0.15, 0.2) is 27.4 Å². The van der Waals surface area contributed by atoms with Crippen molar-refractivity contribution in [3.8, 4) is 5.75 Å². The maximum atomic E-state index is 6.29. The van der Waals surface area contributed by atoms with Crippen LogP contribution in [-0.4, -0.2) is 13.3 Å². The van der Waals surface area contributed by atoms with Crippen LogP contribution in [0.3, 0.4) is 0 Å². The van der Waals surface area contributed by atoms with Crippen LogP contribution in [-0.2, 0) is 0 Å². The largest absolute Gasteiger partial charge is 0.542 e. The lowest BCUT2D eigenvalue weighted by Crippen LogP contribution is -2.43. The van der Waals surface area contributed by atoms with E-state index >= 15 is 0 Å². The van der Waals surface area contributed by atoms with E-state index in [1.807, 2.05) is 12.1 Å². The van der Waals surface area contributed by atoms with Gasteiger partial charge in [0.2, 0.25) is 0 Å². The van der Waals surface area contributed by atoms with Gasteiger partial charge in [-0.2, -0.15) is 0 Å². The fourth-order valence-electron chi connectivity index (χ4n) is 1.40. The van der Waals surface area contributed by atoms with Crippen LogP contribution in [0.2, 0.25) is 18.1 Å². The minimum absolute atomic E-state index is 0.163. The fourth-order valence-corrected chi connectivity index (χ4v) is 2.84. The summed E-state index contributed by atoms with van der Waals surface area (Å²) in [7, 11) is -1.85. The van der Waals surface area contributed by atoms with Gasteiger partial charge in [0.25, 0.3) is 8.32 Å². The Morgan fingerprint density at radius 3 is 2.56 bits per heavy atom. The number of halogens is 1. The van der Waals surface area contributed by atoms with Crippen molar-refractivity contribution in [3.63, 3.8) is 0 Å². The lowest BCUT2D eigenvalue weighted by molar-refractivity contribution is 0.495. The van der Waals surface area contributed by atoms with Crippen molar-refractivity contribution in [2.24, 2.45) is 0 Å². The molecule has 2 aromatic rings. The Kier molecular flexibility index (Phi) is 3.31. The van der Waals surface area contributed by atoms with Crippen LogP contribution in [0.4, 0.5) is 0 Å². The maximum Gasteiger partial charge on any atom is 0.250 e. The molecular formula is C13H18BrNO2Si. The zero-order chi connectivity index (χ0) is 13.6. The fraction of sp³-hybridized carbons (Fsp3) is 0.462. The Bertz CT molecular complexity index is 572. The molecule has 0 saturated carbocycles. The highest BCUT2D eigenvalue weighted by Crippen LogP contribution is 2.39. The van der Waals surface area contributed by atoms with E-state index in [4.69, 9.17) is 8.84 Å². The van der Waals surface area contributed by atoms with Gasteiger partial charge in [0.1, 0.15) is 5.75 Å². The molecule has 0 amide bonds. The normalized spacial score (nSPS) is 13.0. The van der Waals surface area contributed by atoms with Crippen molar-refractivity contribution >= 4 is 35.3 Å². The summed E-state index contributed by atoms with van der Waals surface area (Å²) in [6.45, 7) is 11.1. The highest BCUT2D eigenvalue weighted by molar-refractivity contribution is 9.10. The molecule has 0 aliphatic rings. The maximum absolute atomic E-state index is 6.29. The Morgan fingerprint density at radius 1 is 1.28 bits per heavy atom. The van der Waals surface area contributed by atoms with Crippen LogP contribution in [0.1, 0.15) is 20.8 Å². The molecule has 98 valence electrons. The molecule has 1 aromatic heterocycles. The van der Waals surface area contributed by atoms with Gasteiger partial charge in [-0.25, -0.2) is 4.98 Å². The molecule has 3 nitrogen and oxygen atoms in total. The minimum Gasteiger partial charge on any atom is -0.542 e. The number of fused-ring (bicyclic) bond motifs is 1. The van der Waals surface area contributed by atoms with Gasteiger partial charge in [0.05, 0.1) is 4.47 Å². The van der Waals surface area contributed by atoms with Gasteiger partial charge in [-0.05, 0) is 46.2 Å². The van der Waals surface area contributed by atoms with E-state index in [1.165, 1.54) is 6.39 Å². The molecule has 2 rings (SSSR count). The topological polar surface area (TPSA) is 35.3 Å². The molecule has 0 N–H and O–H groups in total. The number of aromatic nitrogens is 1. The van der Waals surface area contributed by atoms with E-state index in [2.05, 4.69) is 54.8 Å². The number of oxazole rings is 1. The highest BCUT2D eigenvalue weighted by atomic mass is 79.9. The molecule has 0 spiro atoms. The van der Waals surface area contributed by atoms with Crippen molar-refractivity contribution in [2.45, 2.75) is 38.9 Å². The number of rotatable bonds is 2. The van der Waals surface area contributed by atoms with E-state index in [0.717, 1.165) is 21.3 Å². The van der Waals surface area contributed by atoms with Crippen molar-refractivity contribution < 1.29 is 8.84 Å². The zero-order valence-electron chi connectivity index (χ0n) is 11.4.